The second-order valence-electron chi connectivity index (χ2n) is 3.32. The van der Waals surface area contributed by atoms with Gasteiger partial charge in [-0.3, -0.25) is 5.32 Å². The Hall–Kier alpha value is -0.770. The van der Waals surface area contributed by atoms with E-state index in [0.29, 0.717) is 6.61 Å². The van der Waals surface area contributed by atoms with Crippen molar-refractivity contribution in [3.63, 3.8) is 0 Å². The van der Waals surface area contributed by atoms with E-state index in [4.69, 9.17) is 9.47 Å². The minimum Gasteiger partial charge on any atom is -0.444 e. The highest BCUT2D eigenvalue weighted by Gasteiger charge is 2.15. The minimum atomic E-state index is -0.448. The van der Waals surface area contributed by atoms with E-state index in [1.807, 2.05) is 27.7 Å². The summed E-state index contributed by atoms with van der Waals surface area (Å²) in [5.74, 6) is 0. The number of rotatable bonds is 3. The molecule has 0 aliphatic rings. The van der Waals surface area contributed by atoms with Crippen molar-refractivity contribution in [2.24, 2.45) is 0 Å². The zero-order valence-corrected chi connectivity index (χ0v) is 8.14. The lowest BCUT2D eigenvalue weighted by atomic mass is 10.2. The lowest BCUT2D eigenvalue weighted by Gasteiger charge is -2.19. The molecule has 0 aromatic rings. The van der Waals surface area contributed by atoms with E-state index in [9.17, 15) is 4.79 Å². The second-order valence-corrected chi connectivity index (χ2v) is 3.32. The SMILES string of the molecule is CCOCNC(=O)OC(C)(C)C. The van der Waals surface area contributed by atoms with Gasteiger partial charge in [0.1, 0.15) is 12.3 Å². The van der Waals surface area contributed by atoms with Gasteiger partial charge in [0.25, 0.3) is 0 Å². The fraction of sp³-hybridized carbons (Fsp3) is 0.875. The first-order chi connectivity index (χ1) is 5.45. The average molecular weight is 175 g/mol. The molecule has 0 bridgehead atoms. The van der Waals surface area contributed by atoms with E-state index in [-0.39, 0.29) is 6.73 Å². The van der Waals surface area contributed by atoms with Crippen LogP contribution in [-0.4, -0.2) is 25.0 Å². The highest BCUT2D eigenvalue weighted by molar-refractivity contribution is 5.67. The summed E-state index contributed by atoms with van der Waals surface area (Å²) in [6, 6.07) is 0. The number of carbonyl (C=O) groups excluding carboxylic acids is 1. The summed E-state index contributed by atoms with van der Waals surface area (Å²) in [4.78, 5) is 10.9. The Morgan fingerprint density at radius 2 is 2.00 bits per heavy atom. The van der Waals surface area contributed by atoms with Crippen molar-refractivity contribution in [1.29, 1.82) is 0 Å². The number of nitrogens with one attached hydrogen (secondary N) is 1. The molecule has 0 aromatic carbocycles. The zero-order valence-electron chi connectivity index (χ0n) is 8.14. The molecule has 0 unspecified atom stereocenters. The van der Waals surface area contributed by atoms with Gasteiger partial charge in [-0.25, -0.2) is 4.79 Å². The summed E-state index contributed by atoms with van der Waals surface area (Å²) in [6.07, 6.45) is -0.448. The number of hydrogen-bond donors (Lipinski definition) is 1. The number of hydrogen-bond acceptors (Lipinski definition) is 3. The van der Waals surface area contributed by atoms with Crippen LogP contribution in [0.1, 0.15) is 27.7 Å². The largest absolute Gasteiger partial charge is 0.444 e. The van der Waals surface area contributed by atoms with E-state index in [2.05, 4.69) is 5.32 Å². The molecule has 1 amide bonds. The van der Waals surface area contributed by atoms with E-state index < -0.39 is 11.7 Å². The molecule has 0 heterocycles. The topological polar surface area (TPSA) is 47.6 Å². The number of carbonyl (C=O) groups is 1. The molecule has 0 aliphatic carbocycles. The van der Waals surface area contributed by atoms with Gasteiger partial charge < -0.3 is 9.47 Å². The van der Waals surface area contributed by atoms with E-state index >= 15 is 0 Å². The van der Waals surface area contributed by atoms with Gasteiger partial charge in [-0.1, -0.05) is 0 Å². The Morgan fingerprint density at radius 1 is 1.42 bits per heavy atom. The molecular formula is C8H17NO3. The van der Waals surface area contributed by atoms with Crippen LogP contribution in [0.5, 0.6) is 0 Å². The van der Waals surface area contributed by atoms with Crippen LogP contribution in [0, 0.1) is 0 Å². The maximum Gasteiger partial charge on any atom is 0.409 e. The number of alkyl carbamates (subject to hydrolysis) is 1. The van der Waals surface area contributed by atoms with Gasteiger partial charge in [0.15, 0.2) is 0 Å². The molecule has 1 N–H and O–H groups in total. The van der Waals surface area contributed by atoms with E-state index in [1.54, 1.807) is 0 Å². The smallest absolute Gasteiger partial charge is 0.409 e. The van der Waals surface area contributed by atoms with Crippen molar-refractivity contribution in [3.8, 4) is 0 Å². The predicted octanol–water partition coefficient (Wildman–Crippen LogP) is 1.51. The van der Waals surface area contributed by atoms with Gasteiger partial charge in [0, 0.05) is 6.61 Å². The summed E-state index contributed by atoms with van der Waals surface area (Å²) < 4.78 is 9.86. The third-order valence-electron chi connectivity index (χ3n) is 0.922. The fourth-order valence-electron chi connectivity index (χ4n) is 0.526. The summed E-state index contributed by atoms with van der Waals surface area (Å²) >= 11 is 0. The van der Waals surface area contributed by atoms with Crippen molar-refractivity contribution in [2.75, 3.05) is 13.3 Å². The summed E-state index contributed by atoms with van der Waals surface area (Å²) in [5, 5.41) is 2.46. The van der Waals surface area contributed by atoms with Gasteiger partial charge in [0.2, 0.25) is 0 Å². The van der Waals surface area contributed by atoms with Crippen LogP contribution >= 0.6 is 0 Å². The molecule has 0 rings (SSSR count). The minimum absolute atomic E-state index is 0.200. The van der Waals surface area contributed by atoms with Crippen molar-refractivity contribution >= 4 is 6.09 Å². The van der Waals surface area contributed by atoms with Crippen molar-refractivity contribution in [1.82, 2.24) is 5.32 Å². The van der Waals surface area contributed by atoms with Gasteiger partial charge in [0.05, 0.1) is 0 Å². The summed E-state index contributed by atoms with van der Waals surface area (Å²) in [6.45, 7) is 8.08. The highest BCUT2D eigenvalue weighted by atomic mass is 16.6. The van der Waals surface area contributed by atoms with Crippen LogP contribution in [-0.2, 0) is 9.47 Å². The monoisotopic (exact) mass is 175 g/mol. The molecule has 72 valence electrons. The molecule has 0 radical (unpaired) electrons. The maximum absolute atomic E-state index is 10.9. The van der Waals surface area contributed by atoms with Crippen LogP contribution in [0.25, 0.3) is 0 Å². The Balaban J connectivity index is 3.47. The highest BCUT2D eigenvalue weighted by Crippen LogP contribution is 2.05. The molecule has 0 atom stereocenters. The van der Waals surface area contributed by atoms with Crippen molar-refractivity contribution < 1.29 is 14.3 Å². The Labute approximate surface area is 73.2 Å². The third-order valence-corrected chi connectivity index (χ3v) is 0.922. The first-order valence-electron chi connectivity index (χ1n) is 4.00. The third kappa shape index (κ3) is 7.34. The van der Waals surface area contributed by atoms with Crippen LogP contribution < -0.4 is 5.32 Å². The van der Waals surface area contributed by atoms with E-state index in [1.165, 1.54) is 0 Å². The molecule has 4 nitrogen and oxygen atoms in total. The molecule has 0 fully saturated rings. The standard InChI is InChI=1S/C8H17NO3/c1-5-11-6-9-7(10)12-8(2,3)4/h5-6H2,1-4H3,(H,9,10). The van der Waals surface area contributed by atoms with Gasteiger partial charge in [-0.2, -0.15) is 0 Å². The van der Waals surface area contributed by atoms with E-state index in [0.717, 1.165) is 0 Å². The molecule has 0 aliphatic heterocycles. The van der Waals surface area contributed by atoms with Crippen molar-refractivity contribution in [3.05, 3.63) is 0 Å². The first kappa shape index (κ1) is 11.2. The molecule has 0 aromatic heterocycles. The predicted molar refractivity (Wildman–Crippen MR) is 45.9 cm³/mol. The molecule has 4 heteroatoms. The first-order valence-corrected chi connectivity index (χ1v) is 4.00. The van der Waals surface area contributed by atoms with Gasteiger partial charge >= 0.3 is 6.09 Å². The maximum atomic E-state index is 10.9. The molecule has 12 heavy (non-hydrogen) atoms. The molecular weight excluding hydrogens is 158 g/mol. The fourth-order valence-corrected chi connectivity index (χ4v) is 0.526. The van der Waals surface area contributed by atoms with Crippen LogP contribution in [0.15, 0.2) is 0 Å². The lowest BCUT2D eigenvalue weighted by Crippen LogP contribution is -2.33. The lowest BCUT2D eigenvalue weighted by molar-refractivity contribution is 0.0406. The van der Waals surface area contributed by atoms with Crippen molar-refractivity contribution in [2.45, 2.75) is 33.3 Å². The molecule has 0 spiro atoms. The van der Waals surface area contributed by atoms with Crippen LogP contribution in [0.4, 0.5) is 4.79 Å². The average Bonchev–Trinajstić information content (AvgIpc) is 1.84. The van der Waals surface area contributed by atoms with Gasteiger partial charge in [-0.05, 0) is 27.7 Å². The molecule has 0 saturated carbocycles. The Bertz CT molecular complexity index is 140. The van der Waals surface area contributed by atoms with Crippen LogP contribution in [0.2, 0.25) is 0 Å². The second kappa shape index (κ2) is 4.98. The summed E-state index contributed by atoms with van der Waals surface area (Å²) in [7, 11) is 0. The van der Waals surface area contributed by atoms with Gasteiger partial charge in [-0.15, -0.1) is 0 Å². The zero-order chi connectivity index (χ0) is 9.61. The Morgan fingerprint density at radius 3 is 2.42 bits per heavy atom. The van der Waals surface area contributed by atoms with Crippen LogP contribution in [0.3, 0.4) is 0 Å². The summed E-state index contributed by atoms with van der Waals surface area (Å²) in [5.41, 5.74) is -0.448. The number of ether oxygens (including phenoxy) is 2. The molecule has 0 saturated heterocycles. The quantitative estimate of drug-likeness (QED) is 0.522. The number of amides is 1. The Kier molecular flexibility index (Phi) is 4.66. The normalized spacial score (nSPS) is 11.0.